The number of hydrogen-bond acceptors (Lipinski definition) is 5. The molecule has 122 valence electrons. The maximum absolute atomic E-state index is 11.8. The fourth-order valence-corrected chi connectivity index (χ4v) is 1.60. The highest BCUT2D eigenvalue weighted by Crippen LogP contribution is 2.11. The molecule has 2 amide bonds. The van der Waals surface area contributed by atoms with Gasteiger partial charge in [0, 0.05) is 11.7 Å². The van der Waals surface area contributed by atoms with Crippen molar-refractivity contribution in [3.63, 3.8) is 0 Å². The first kappa shape index (κ1) is 18.2. The number of ether oxygens (including phenoxy) is 1. The summed E-state index contributed by atoms with van der Waals surface area (Å²) in [7, 11) is 0. The molecule has 1 unspecified atom stereocenters. The molecule has 0 heterocycles. The molecule has 0 bridgehead atoms. The summed E-state index contributed by atoms with van der Waals surface area (Å²) in [4.78, 5) is 34.6. The summed E-state index contributed by atoms with van der Waals surface area (Å²) in [5.74, 6) is -1.41. The third kappa shape index (κ3) is 6.61. The van der Waals surface area contributed by atoms with Gasteiger partial charge in [-0.3, -0.25) is 9.59 Å². The SMILES string of the molecule is CCC(C)NC(=O)COC(=O)c1ccc(NC(=O)CC#N)cc1. The maximum Gasteiger partial charge on any atom is 0.338 e. The first-order valence-electron chi connectivity index (χ1n) is 7.19. The lowest BCUT2D eigenvalue weighted by Gasteiger charge is -2.11. The van der Waals surface area contributed by atoms with Gasteiger partial charge in [-0.2, -0.15) is 5.26 Å². The minimum absolute atomic E-state index is 0.0255. The Labute approximate surface area is 134 Å². The molecule has 23 heavy (non-hydrogen) atoms. The summed E-state index contributed by atoms with van der Waals surface area (Å²) in [5.41, 5.74) is 0.732. The molecule has 1 atom stereocenters. The maximum atomic E-state index is 11.8. The predicted molar refractivity (Wildman–Crippen MR) is 83.5 cm³/mol. The first-order valence-corrected chi connectivity index (χ1v) is 7.19. The van der Waals surface area contributed by atoms with Crippen LogP contribution in [0.4, 0.5) is 5.69 Å². The molecule has 0 aromatic heterocycles. The summed E-state index contributed by atoms with van der Waals surface area (Å²) in [5, 5.41) is 13.6. The van der Waals surface area contributed by atoms with Crippen LogP contribution in [0.25, 0.3) is 0 Å². The van der Waals surface area contributed by atoms with E-state index in [-0.39, 0.29) is 30.5 Å². The molecule has 0 fully saturated rings. The van der Waals surface area contributed by atoms with Crippen molar-refractivity contribution in [3.05, 3.63) is 29.8 Å². The van der Waals surface area contributed by atoms with Crippen molar-refractivity contribution >= 4 is 23.5 Å². The normalized spacial score (nSPS) is 11.0. The van der Waals surface area contributed by atoms with Crippen LogP contribution in [0.15, 0.2) is 24.3 Å². The minimum atomic E-state index is -0.626. The Hall–Kier alpha value is -2.88. The fraction of sp³-hybridized carbons (Fsp3) is 0.375. The van der Waals surface area contributed by atoms with Crippen LogP contribution in [0.5, 0.6) is 0 Å². The lowest BCUT2D eigenvalue weighted by Crippen LogP contribution is -2.35. The van der Waals surface area contributed by atoms with E-state index in [0.717, 1.165) is 6.42 Å². The van der Waals surface area contributed by atoms with Crippen LogP contribution in [-0.2, 0) is 14.3 Å². The molecule has 0 radical (unpaired) electrons. The van der Waals surface area contributed by atoms with E-state index in [1.54, 1.807) is 6.07 Å². The summed E-state index contributed by atoms with van der Waals surface area (Å²) in [6.45, 7) is 3.46. The third-order valence-corrected chi connectivity index (χ3v) is 3.00. The van der Waals surface area contributed by atoms with Crippen LogP contribution in [0, 0.1) is 11.3 Å². The number of rotatable bonds is 7. The zero-order valence-corrected chi connectivity index (χ0v) is 13.1. The number of nitriles is 1. The molecule has 2 N–H and O–H groups in total. The summed E-state index contributed by atoms with van der Waals surface area (Å²) in [6.07, 6.45) is 0.549. The van der Waals surface area contributed by atoms with E-state index in [2.05, 4.69) is 10.6 Å². The van der Waals surface area contributed by atoms with Crippen molar-refractivity contribution in [2.24, 2.45) is 0 Å². The Kier molecular flexibility index (Phi) is 7.27. The van der Waals surface area contributed by atoms with Gasteiger partial charge in [0.15, 0.2) is 6.61 Å². The third-order valence-electron chi connectivity index (χ3n) is 3.00. The van der Waals surface area contributed by atoms with E-state index < -0.39 is 11.9 Å². The van der Waals surface area contributed by atoms with Gasteiger partial charge in [0.2, 0.25) is 5.91 Å². The molecule has 1 aromatic rings. The van der Waals surface area contributed by atoms with Gasteiger partial charge in [0.25, 0.3) is 5.91 Å². The average molecular weight is 317 g/mol. The quantitative estimate of drug-likeness (QED) is 0.743. The molecule has 0 saturated heterocycles. The summed E-state index contributed by atoms with van der Waals surface area (Å²) < 4.78 is 4.91. The highest BCUT2D eigenvalue weighted by atomic mass is 16.5. The zero-order chi connectivity index (χ0) is 17.2. The lowest BCUT2D eigenvalue weighted by atomic mass is 10.2. The van der Waals surface area contributed by atoms with Crippen LogP contribution in [-0.4, -0.2) is 30.4 Å². The summed E-state index contributed by atoms with van der Waals surface area (Å²) >= 11 is 0. The summed E-state index contributed by atoms with van der Waals surface area (Å²) in [6, 6.07) is 7.74. The van der Waals surface area contributed by atoms with Gasteiger partial charge in [-0.1, -0.05) is 6.92 Å². The van der Waals surface area contributed by atoms with E-state index in [4.69, 9.17) is 10.00 Å². The largest absolute Gasteiger partial charge is 0.452 e. The van der Waals surface area contributed by atoms with E-state index in [9.17, 15) is 14.4 Å². The second-order valence-corrected chi connectivity index (χ2v) is 4.91. The van der Waals surface area contributed by atoms with Gasteiger partial charge in [-0.25, -0.2) is 4.79 Å². The number of esters is 1. The van der Waals surface area contributed by atoms with E-state index in [1.807, 2.05) is 13.8 Å². The highest BCUT2D eigenvalue weighted by Gasteiger charge is 2.11. The van der Waals surface area contributed by atoms with Crippen molar-refractivity contribution in [1.82, 2.24) is 5.32 Å². The van der Waals surface area contributed by atoms with Crippen molar-refractivity contribution in [2.45, 2.75) is 32.7 Å². The fourth-order valence-electron chi connectivity index (χ4n) is 1.60. The molecule has 0 spiro atoms. The van der Waals surface area contributed by atoms with Crippen LogP contribution in [0.3, 0.4) is 0 Å². The Bertz CT molecular complexity index is 605. The monoisotopic (exact) mass is 317 g/mol. The number of carbonyl (C=O) groups excluding carboxylic acids is 3. The van der Waals surface area contributed by atoms with Gasteiger partial charge >= 0.3 is 5.97 Å². The standard InChI is InChI=1S/C16H19N3O4/c1-3-11(2)18-15(21)10-23-16(22)12-4-6-13(7-5-12)19-14(20)8-9-17/h4-7,11H,3,8,10H2,1-2H3,(H,18,21)(H,19,20). The van der Waals surface area contributed by atoms with Crippen molar-refractivity contribution in [2.75, 3.05) is 11.9 Å². The molecular weight excluding hydrogens is 298 g/mol. The molecule has 0 saturated carbocycles. The Balaban J connectivity index is 2.50. The highest BCUT2D eigenvalue weighted by molar-refractivity contribution is 5.94. The van der Waals surface area contributed by atoms with Gasteiger partial charge < -0.3 is 15.4 Å². The van der Waals surface area contributed by atoms with Crippen LogP contribution >= 0.6 is 0 Å². The average Bonchev–Trinajstić information content (AvgIpc) is 2.53. The second kappa shape index (κ2) is 9.20. The van der Waals surface area contributed by atoms with Gasteiger partial charge in [0.1, 0.15) is 6.42 Å². The van der Waals surface area contributed by atoms with E-state index in [1.165, 1.54) is 24.3 Å². The molecule has 1 aromatic carbocycles. The molecular formula is C16H19N3O4. The molecule has 0 aliphatic heterocycles. The van der Waals surface area contributed by atoms with E-state index in [0.29, 0.717) is 5.69 Å². The van der Waals surface area contributed by atoms with Gasteiger partial charge in [0.05, 0.1) is 11.6 Å². The van der Waals surface area contributed by atoms with Crippen LogP contribution in [0.1, 0.15) is 37.0 Å². The van der Waals surface area contributed by atoms with Crippen molar-refractivity contribution < 1.29 is 19.1 Å². The number of nitrogens with one attached hydrogen (secondary N) is 2. The number of benzene rings is 1. The van der Waals surface area contributed by atoms with Gasteiger partial charge in [-0.15, -0.1) is 0 Å². The Morgan fingerprint density at radius 1 is 1.22 bits per heavy atom. The van der Waals surface area contributed by atoms with Crippen LogP contribution in [0.2, 0.25) is 0 Å². The van der Waals surface area contributed by atoms with E-state index >= 15 is 0 Å². The minimum Gasteiger partial charge on any atom is -0.452 e. The molecule has 1 rings (SSSR count). The lowest BCUT2D eigenvalue weighted by molar-refractivity contribution is -0.124. The Morgan fingerprint density at radius 2 is 1.87 bits per heavy atom. The second-order valence-electron chi connectivity index (χ2n) is 4.91. The van der Waals surface area contributed by atoms with Crippen LogP contribution < -0.4 is 10.6 Å². The number of carbonyl (C=O) groups is 3. The molecule has 0 aliphatic carbocycles. The Morgan fingerprint density at radius 3 is 2.43 bits per heavy atom. The smallest absolute Gasteiger partial charge is 0.338 e. The number of anilines is 1. The van der Waals surface area contributed by atoms with Crippen molar-refractivity contribution in [1.29, 1.82) is 5.26 Å². The van der Waals surface area contributed by atoms with Crippen molar-refractivity contribution in [3.8, 4) is 6.07 Å². The number of hydrogen-bond donors (Lipinski definition) is 2. The molecule has 0 aliphatic rings. The zero-order valence-electron chi connectivity index (χ0n) is 13.1. The first-order chi connectivity index (χ1) is 11.0. The number of nitrogens with zero attached hydrogens (tertiary/aromatic N) is 1. The topological polar surface area (TPSA) is 108 Å². The van der Waals surface area contributed by atoms with Gasteiger partial charge in [-0.05, 0) is 37.6 Å². The molecule has 7 nitrogen and oxygen atoms in total. The molecule has 7 heteroatoms. The number of amides is 2. The predicted octanol–water partition coefficient (Wildman–Crippen LogP) is 1.61.